The number of hydrogen-bond donors (Lipinski definition) is 1. The van der Waals surface area contributed by atoms with Crippen LogP contribution >= 0.6 is 0 Å². The molecule has 0 bridgehead atoms. The first-order valence-electron chi connectivity index (χ1n) is 10.1. The number of aldehydes is 1. The number of amides is 2. The second kappa shape index (κ2) is 8.47. The zero-order valence-corrected chi connectivity index (χ0v) is 17.1. The van der Waals surface area contributed by atoms with Gasteiger partial charge in [-0.2, -0.15) is 0 Å². The molecule has 3 aromatic rings. The van der Waals surface area contributed by atoms with Gasteiger partial charge < -0.3 is 24.3 Å². The predicted octanol–water partition coefficient (Wildman–Crippen LogP) is 3.46. The number of carboxylic acid groups (broad SMARTS) is 1. The van der Waals surface area contributed by atoms with Gasteiger partial charge in [-0.25, -0.2) is 4.79 Å². The highest BCUT2D eigenvalue weighted by molar-refractivity contribution is 6.02. The van der Waals surface area contributed by atoms with Gasteiger partial charge in [0.1, 0.15) is 12.3 Å². The summed E-state index contributed by atoms with van der Waals surface area (Å²) in [5.74, 6) is -0.279. The monoisotopic (exact) mass is 417 g/mol. The first kappa shape index (κ1) is 20.4. The Morgan fingerprint density at radius 1 is 1.00 bits per heavy atom. The van der Waals surface area contributed by atoms with Crippen LogP contribution in [0.25, 0.3) is 16.9 Å². The van der Waals surface area contributed by atoms with E-state index < -0.39 is 12.1 Å². The lowest BCUT2D eigenvalue weighted by atomic mass is 10.0. The second-order valence-electron chi connectivity index (χ2n) is 7.52. The number of aromatic nitrogens is 1. The van der Waals surface area contributed by atoms with Crippen molar-refractivity contribution in [1.82, 2.24) is 14.4 Å². The zero-order valence-electron chi connectivity index (χ0n) is 17.1. The van der Waals surface area contributed by atoms with E-state index in [-0.39, 0.29) is 25.5 Å². The maximum atomic E-state index is 13.6. The Hall–Kier alpha value is -3.87. The number of carbonyl (C=O) groups is 3. The van der Waals surface area contributed by atoms with Gasteiger partial charge in [-0.05, 0) is 30.7 Å². The van der Waals surface area contributed by atoms with Crippen molar-refractivity contribution in [2.75, 3.05) is 19.6 Å². The van der Waals surface area contributed by atoms with Gasteiger partial charge in [-0.15, -0.1) is 0 Å². The van der Waals surface area contributed by atoms with Gasteiger partial charge in [0.2, 0.25) is 0 Å². The molecule has 2 aromatic carbocycles. The molecule has 2 amide bonds. The molecule has 7 heteroatoms. The maximum absolute atomic E-state index is 13.6. The smallest absolute Gasteiger partial charge is 0.407 e. The van der Waals surface area contributed by atoms with Crippen LogP contribution in [0.1, 0.15) is 16.1 Å². The fourth-order valence-corrected chi connectivity index (χ4v) is 4.10. The van der Waals surface area contributed by atoms with E-state index in [1.54, 1.807) is 0 Å². The largest absolute Gasteiger partial charge is 0.465 e. The molecule has 1 saturated heterocycles. The van der Waals surface area contributed by atoms with Crippen molar-refractivity contribution in [3.05, 3.63) is 78.0 Å². The lowest BCUT2D eigenvalue weighted by Gasteiger charge is -2.37. The molecule has 1 atom stereocenters. The number of para-hydroxylation sites is 1. The summed E-state index contributed by atoms with van der Waals surface area (Å²) in [5, 5.41) is 9.26. The summed E-state index contributed by atoms with van der Waals surface area (Å²) in [6.07, 6.45) is -0.439. The molecule has 1 aliphatic heterocycles. The number of piperazine rings is 1. The highest BCUT2D eigenvalue weighted by Crippen LogP contribution is 2.32. The minimum Gasteiger partial charge on any atom is -0.465 e. The van der Waals surface area contributed by atoms with E-state index in [4.69, 9.17) is 0 Å². The van der Waals surface area contributed by atoms with Crippen LogP contribution in [0.2, 0.25) is 0 Å². The van der Waals surface area contributed by atoms with E-state index in [0.717, 1.165) is 22.6 Å². The van der Waals surface area contributed by atoms with E-state index in [0.29, 0.717) is 11.8 Å². The summed E-state index contributed by atoms with van der Waals surface area (Å²) in [5.41, 5.74) is 3.94. The molecule has 1 N–H and O–H groups in total. The molecule has 1 fully saturated rings. The van der Waals surface area contributed by atoms with Crippen LogP contribution in [-0.4, -0.2) is 63.4 Å². The van der Waals surface area contributed by atoms with Gasteiger partial charge in [0.05, 0.1) is 17.8 Å². The molecule has 4 rings (SSSR count). The molecule has 158 valence electrons. The van der Waals surface area contributed by atoms with Crippen LogP contribution in [0, 0.1) is 6.92 Å². The van der Waals surface area contributed by atoms with Crippen LogP contribution in [-0.2, 0) is 4.79 Å². The van der Waals surface area contributed by atoms with Crippen LogP contribution in [0.5, 0.6) is 0 Å². The van der Waals surface area contributed by atoms with Gasteiger partial charge in [-0.3, -0.25) is 4.79 Å². The standard InChI is InChI=1S/C24H23N3O4/c1-17-14-21(23(29)26-13-12-25(24(30)31)15-20(26)16-28)22(18-8-4-2-5-9-18)27(17)19-10-6-3-7-11-19/h2-11,14,16,20H,12-13,15H2,1H3,(H,30,31)/t20-/m0/s1. The van der Waals surface area contributed by atoms with E-state index in [9.17, 15) is 19.5 Å². The Kier molecular flexibility index (Phi) is 5.58. The van der Waals surface area contributed by atoms with Crippen LogP contribution in [0.15, 0.2) is 66.7 Å². The summed E-state index contributed by atoms with van der Waals surface area (Å²) in [6, 6.07) is 20.5. The molecular formula is C24H23N3O4. The van der Waals surface area contributed by atoms with Crippen LogP contribution in [0.3, 0.4) is 0 Å². The average Bonchev–Trinajstić information content (AvgIpc) is 3.16. The highest BCUT2D eigenvalue weighted by atomic mass is 16.4. The van der Waals surface area contributed by atoms with Crippen molar-refractivity contribution in [2.24, 2.45) is 0 Å². The third kappa shape index (κ3) is 3.82. The molecule has 0 unspecified atom stereocenters. The van der Waals surface area contributed by atoms with Gasteiger partial charge in [-0.1, -0.05) is 48.5 Å². The number of rotatable bonds is 4. The summed E-state index contributed by atoms with van der Waals surface area (Å²) < 4.78 is 2.03. The molecule has 1 aliphatic rings. The SMILES string of the molecule is Cc1cc(C(=O)N2CCN(C(=O)O)C[C@H]2C=O)c(-c2ccccc2)n1-c1ccccc1. The summed E-state index contributed by atoms with van der Waals surface area (Å²) in [7, 11) is 0. The molecule has 1 aromatic heterocycles. The summed E-state index contributed by atoms with van der Waals surface area (Å²) in [6.45, 7) is 2.25. The minimum atomic E-state index is -1.09. The number of carbonyl (C=O) groups excluding carboxylic acids is 2. The molecule has 31 heavy (non-hydrogen) atoms. The fraction of sp³-hybridized carbons (Fsp3) is 0.208. The van der Waals surface area contributed by atoms with Crippen molar-refractivity contribution >= 4 is 18.3 Å². The van der Waals surface area contributed by atoms with E-state index >= 15 is 0 Å². The van der Waals surface area contributed by atoms with Gasteiger partial charge in [0.15, 0.2) is 0 Å². The number of aryl methyl sites for hydroxylation is 1. The molecule has 0 radical (unpaired) electrons. The number of nitrogens with zero attached hydrogens (tertiary/aromatic N) is 3. The number of hydrogen-bond acceptors (Lipinski definition) is 3. The number of benzene rings is 2. The van der Waals surface area contributed by atoms with Crippen molar-refractivity contribution in [2.45, 2.75) is 13.0 Å². The Bertz CT molecular complexity index is 1110. The summed E-state index contributed by atoms with van der Waals surface area (Å²) in [4.78, 5) is 39.3. The molecule has 0 spiro atoms. The third-order valence-electron chi connectivity index (χ3n) is 5.58. The maximum Gasteiger partial charge on any atom is 0.407 e. The van der Waals surface area contributed by atoms with Gasteiger partial charge >= 0.3 is 6.09 Å². The van der Waals surface area contributed by atoms with Crippen molar-refractivity contribution in [1.29, 1.82) is 0 Å². The predicted molar refractivity (Wildman–Crippen MR) is 116 cm³/mol. The normalized spacial score (nSPS) is 16.2. The van der Waals surface area contributed by atoms with Crippen molar-refractivity contribution in [3.8, 4) is 16.9 Å². The Labute approximate surface area is 180 Å². The quantitative estimate of drug-likeness (QED) is 0.659. The van der Waals surface area contributed by atoms with Crippen LogP contribution in [0.4, 0.5) is 4.79 Å². The molecule has 7 nitrogen and oxygen atoms in total. The Morgan fingerprint density at radius 3 is 2.26 bits per heavy atom. The Morgan fingerprint density at radius 2 is 1.65 bits per heavy atom. The van der Waals surface area contributed by atoms with E-state index in [1.165, 1.54) is 9.80 Å². The molecular weight excluding hydrogens is 394 g/mol. The van der Waals surface area contributed by atoms with Crippen molar-refractivity contribution < 1.29 is 19.5 Å². The molecule has 2 heterocycles. The average molecular weight is 417 g/mol. The van der Waals surface area contributed by atoms with Gasteiger partial charge in [0.25, 0.3) is 5.91 Å². The Balaban J connectivity index is 1.81. The fourth-order valence-electron chi connectivity index (χ4n) is 4.10. The first-order chi connectivity index (χ1) is 15.0. The van der Waals surface area contributed by atoms with Gasteiger partial charge in [0, 0.05) is 24.5 Å². The van der Waals surface area contributed by atoms with E-state index in [2.05, 4.69) is 0 Å². The molecule has 0 aliphatic carbocycles. The lowest BCUT2D eigenvalue weighted by Crippen LogP contribution is -2.57. The third-order valence-corrected chi connectivity index (χ3v) is 5.58. The van der Waals surface area contributed by atoms with Crippen LogP contribution < -0.4 is 0 Å². The first-order valence-corrected chi connectivity index (χ1v) is 10.1. The lowest BCUT2D eigenvalue weighted by molar-refractivity contribution is -0.113. The highest BCUT2D eigenvalue weighted by Gasteiger charge is 2.34. The van der Waals surface area contributed by atoms with Crippen molar-refractivity contribution in [3.63, 3.8) is 0 Å². The second-order valence-corrected chi connectivity index (χ2v) is 7.52. The zero-order chi connectivity index (χ0) is 22.0. The topological polar surface area (TPSA) is 82.9 Å². The summed E-state index contributed by atoms with van der Waals surface area (Å²) >= 11 is 0. The molecule has 0 saturated carbocycles. The minimum absolute atomic E-state index is 0.0242. The van der Waals surface area contributed by atoms with E-state index in [1.807, 2.05) is 78.2 Å².